The summed E-state index contributed by atoms with van der Waals surface area (Å²) < 4.78 is 33.1. The van der Waals surface area contributed by atoms with E-state index in [1.807, 2.05) is 30.3 Å². The summed E-state index contributed by atoms with van der Waals surface area (Å²) in [5.74, 6) is 0.758. The first-order chi connectivity index (χ1) is 14.2. The van der Waals surface area contributed by atoms with Crippen molar-refractivity contribution in [2.75, 3.05) is 5.32 Å². The number of hydrogen-bond acceptors (Lipinski definition) is 4. The van der Waals surface area contributed by atoms with E-state index in [1.54, 1.807) is 24.3 Å². The first-order valence-corrected chi connectivity index (χ1v) is 11.1. The molecule has 0 saturated heterocycles. The Labute approximate surface area is 184 Å². The summed E-state index contributed by atoms with van der Waals surface area (Å²) in [6.45, 7) is 1.43. The molecule has 0 radical (unpaired) electrons. The molecule has 0 aromatic heterocycles. The maximum Gasteiger partial charge on any atom is 0.242 e. The van der Waals surface area contributed by atoms with E-state index in [4.69, 9.17) is 27.9 Å². The molecule has 0 saturated carbocycles. The quantitative estimate of drug-likeness (QED) is 0.509. The van der Waals surface area contributed by atoms with Gasteiger partial charge >= 0.3 is 0 Å². The van der Waals surface area contributed by atoms with Crippen LogP contribution in [0.15, 0.2) is 77.7 Å². The molecule has 0 aliphatic carbocycles. The Morgan fingerprint density at radius 3 is 2.23 bits per heavy atom. The van der Waals surface area contributed by atoms with Crippen LogP contribution >= 0.6 is 23.2 Å². The lowest BCUT2D eigenvalue weighted by atomic mass is 10.2. The lowest BCUT2D eigenvalue weighted by molar-refractivity contribution is -0.117. The van der Waals surface area contributed by atoms with E-state index in [0.29, 0.717) is 17.2 Å². The topological polar surface area (TPSA) is 84.5 Å². The molecule has 0 spiro atoms. The highest BCUT2D eigenvalue weighted by molar-refractivity contribution is 7.89. The van der Waals surface area contributed by atoms with Gasteiger partial charge in [-0.05, 0) is 61.5 Å². The summed E-state index contributed by atoms with van der Waals surface area (Å²) in [6, 6.07) is 19.0. The number of amides is 1. The third kappa shape index (κ3) is 5.73. The molecule has 1 atom stereocenters. The van der Waals surface area contributed by atoms with Gasteiger partial charge in [-0.1, -0.05) is 41.4 Å². The van der Waals surface area contributed by atoms with Crippen molar-refractivity contribution >= 4 is 44.8 Å². The second-order valence-corrected chi connectivity index (χ2v) is 8.87. The number of carbonyl (C=O) groups is 1. The lowest BCUT2D eigenvalue weighted by Gasteiger charge is -2.15. The normalized spacial score (nSPS) is 12.2. The van der Waals surface area contributed by atoms with Crippen molar-refractivity contribution in [3.8, 4) is 11.5 Å². The SMILES string of the molecule is CC(NS(=O)(=O)c1cc(Cl)ccc1Cl)C(=O)Nc1ccc(Oc2ccccc2)cc1. The van der Waals surface area contributed by atoms with Crippen molar-refractivity contribution in [3.05, 3.63) is 82.8 Å². The van der Waals surface area contributed by atoms with E-state index in [-0.39, 0.29) is 14.9 Å². The number of para-hydroxylation sites is 1. The molecule has 3 rings (SSSR count). The van der Waals surface area contributed by atoms with E-state index < -0.39 is 22.0 Å². The number of sulfonamides is 1. The number of ether oxygens (including phenoxy) is 1. The maximum atomic E-state index is 12.5. The monoisotopic (exact) mass is 464 g/mol. The average molecular weight is 465 g/mol. The first kappa shape index (κ1) is 22.1. The fourth-order valence-electron chi connectivity index (χ4n) is 2.51. The molecule has 3 aromatic carbocycles. The highest BCUT2D eigenvalue weighted by atomic mass is 35.5. The van der Waals surface area contributed by atoms with Crippen LogP contribution in [0, 0.1) is 0 Å². The van der Waals surface area contributed by atoms with Gasteiger partial charge in [-0.25, -0.2) is 8.42 Å². The van der Waals surface area contributed by atoms with Gasteiger partial charge in [-0.15, -0.1) is 0 Å². The molecule has 0 aliphatic rings. The summed E-state index contributed by atoms with van der Waals surface area (Å²) >= 11 is 11.8. The first-order valence-electron chi connectivity index (χ1n) is 8.86. The van der Waals surface area contributed by atoms with Crippen LogP contribution in [-0.4, -0.2) is 20.4 Å². The Hall–Kier alpha value is -2.58. The zero-order chi connectivity index (χ0) is 21.7. The van der Waals surface area contributed by atoms with E-state index in [0.717, 1.165) is 0 Å². The van der Waals surface area contributed by atoms with Crippen LogP contribution in [0.5, 0.6) is 11.5 Å². The third-order valence-corrected chi connectivity index (χ3v) is 6.27. The largest absolute Gasteiger partial charge is 0.457 e. The second-order valence-electron chi connectivity index (χ2n) is 6.35. The Bertz CT molecular complexity index is 1140. The van der Waals surface area contributed by atoms with Crippen LogP contribution in [0.4, 0.5) is 5.69 Å². The van der Waals surface area contributed by atoms with Gasteiger partial charge in [0, 0.05) is 10.7 Å². The molecule has 3 aromatic rings. The number of rotatable bonds is 7. The van der Waals surface area contributed by atoms with Gasteiger partial charge in [0.25, 0.3) is 0 Å². The maximum absolute atomic E-state index is 12.5. The summed E-state index contributed by atoms with van der Waals surface area (Å²) in [4.78, 5) is 12.2. The fraction of sp³-hybridized carbons (Fsp3) is 0.0952. The second kappa shape index (κ2) is 9.49. The van der Waals surface area contributed by atoms with E-state index in [2.05, 4.69) is 10.0 Å². The highest BCUT2D eigenvalue weighted by Gasteiger charge is 2.24. The van der Waals surface area contributed by atoms with Gasteiger partial charge in [0.1, 0.15) is 16.4 Å². The van der Waals surface area contributed by atoms with Crippen molar-refractivity contribution in [2.45, 2.75) is 17.9 Å². The number of anilines is 1. The molecule has 9 heteroatoms. The minimum Gasteiger partial charge on any atom is -0.457 e. The van der Waals surface area contributed by atoms with Crippen molar-refractivity contribution in [3.63, 3.8) is 0 Å². The third-order valence-electron chi connectivity index (χ3n) is 4.01. The fourth-order valence-corrected chi connectivity index (χ4v) is 4.48. The van der Waals surface area contributed by atoms with Crippen LogP contribution in [0.2, 0.25) is 10.0 Å². The molecule has 0 aliphatic heterocycles. The van der Waals surface area contributed by atoms with Crippen molar-refractivity contribution in [1.29, 1.82) is 0 Å². The molecule has 30 heavy (non-hydrogen) atoms. The standard InChI is InChI=1S/C21H18Cl2N2O4S/c1-14(25-30(27,28)20-13-15(22)7-12-19(20)23)21(26)24-16-8-10-18(11-9-16)29-17-5-3-2-4-6-17/h2-14,25H,1H3,(H,24,26). The predicted octanol–water partition coefficient (Wildman–Crippen LogP) is 5.09. The van der Waals surface area contributed by atoms with Gasteiger partial charge in [0.2, 0.25) is 15.9 Å². The smallest absolute Gasteiger partial charge is 0.242 e. The van der Waals surface area contributed by atoms with E-state index in [9.17, 15) is 13.2 Å². The van der Waals surface area contributed by atoms with E-state index >= 15 is 0 Å². The van der Waals surface area contributed by atoms with Crippen LogP contribution in [0.1, 0.15) is 6.92 Å². The number of benzene rings is 3. The number of halogens is 2. The summed E-state index contributed by atoms with van der Waals surface area (Å²) in [7, 11) is -4.04. The van der Waals surface area contributed by atoms with Crippen molar-refractivity contribution in [2.24, 2.45) is 0 Å². The Balaban J connectivity index is 1.63. The van der Waals surface area contributed by atoms with Gasteiger partial charge in [-0.3, -0.25) is 4.79 Å². The molecular weight excluding hydrogens is 447 g/mol. The molecule has 6 nitrogen and oxygen atoms in total. The Morgan fingerprint density at radius 2 is 1.57 bits per heavy atom. The van der Waals surface area contributed by atoms with Gasteiger partial charge in [0.05, 0.1) is 11.1 Å². The Morgan fingerprint density at radius 1 is 0.933 bits per heavy atom. The predicted molar refractivity (Wildman–Crippen MR) is 118 cm³/mol. The van der Waals surface area contributed by atoms with Crippen LogP contribution in [0.3, 0.4) is 0 Å². The molecule has 1 amide bonds. The van der Waals surface area contributed by atoms with Gasteiger partial charge in [-0.2, -0.15) is 4.72 Å². The van der Waals surface area contributed by atoms with Crippen molar-refractivity contribution in [1.82, 2.24) is 4.72 Å². The summed E-state index contributed by atoms with van der Waals surface area (Å²) in [5, 5.41) is 2.88. The van der Waals surface area contributed by atoms with Gasteiger partial charge < -0.3 is 10.1 Å². The minimum absolute atomic E-state index is 0.00788. The molecule has 0 fully saturated rings. The molecule has 2 N–H and O–H groups in total. The summed E-state index contributed by atoms with van der Waals surface area (Å²) in [5.41, 5.74) is 0.493. The van der Waals surface area contributed by atoms with Crippen LogP contribution < -0.4 is 14.8 Å². The Kier molecular flexibility index (Phi) is 6.99. The molecule has 1 unspecified atom stereocenters. The molecule has 156 valence electrons. The van der Waals surface area contributed by atoms with Crippen LogP contribution in [0.25, 0.3) is 0 Å². The zero-order valence-corrected chi connectivity index (χ0v) is 18.1. The highest BCUT2D eigenvalue weighted by Crippen LogP contribution is 2.25. The minimum atomic E-state index is -4.04. The average Bonchev–Trinajstić information content (AvgIpc) is 2.71. The molecule has 0 heterocycles. The van der Waals surface area contributed by atoms with E-state index in [1.165, 1.54) is 25.1 Å². The zero-order valence-electron chi connectivity index (χ0n) is 15.8. The molecule has 0 bridgehead atoms. The summed E-state index contributed by atoms with van der Waals surface area (Å²) in [6.07, 6.45) is 0. The lowest BCUT2D eigenvalue weighted by Crippen LogP contribution is -2.41. The number of hydrogen-bond donors (Lipinski definition) is 2. The molecular formula is C21H18Cl2N2O4S. The van der Waals surface area contributed by atoms with Crippen molar-refractivity contribution < 1.29 is 17.9 Å². The number of carbonyl (C=O) groups excluding carboxylic acids is 1. The number of nitrogens with one attached hydrogen (secondary N) is 2. The van der Waals surface area contributed by atoms with Gasteiger partial charge in [0.15, 0.2) is 0 Å². The van der Waals surface area contributed by atoms with Crippen LogP contribution in [-0.2, 0) is 14.8 Å².